The number of carboxylic acid groups (broad SMARTS) is 1. The maximum atomic E-state index is 10.8. The van der Waals surface area contributed by atoms with Gasteiger partial charge in [-0.3, -0.25) is 4.68 Å². The van der Waals surface area contributed by atoms with Crippen molar-refractivity contribution in [1.29, 1.82) is 0 Å². The molecule has 0 spiro atoms. The van der Waals surface area contributed by atoms with E-state index >= 15 is 0 Å². The lowest BCUT2D eigenvalue weighted by Gasteiger charge is -2.06. The number of aryl methyl sites for hydroxylation is 2. The summed E-state index contributed by atoms with van der Waals surface area (Å²) in [6, 6.07) is 1.88. The lowest BCUT2D eigenvalue weighted by Crippen LogP contribution is -2.11. The molecule has 0 saturated heterocycles. The minimum Gasteiger partial charge on any atom is -0.478 e. The molecule has 0 unspecified atom stereocenters. The fourth-order valence-corrected chi connectivity index (χ4v) is 1.64. The molecular weight excluding hydrogens is 246 g/mol. The lowest BCUT2D eigenvalue weighted by molar-refractivity contribution is 0.0695. The average molecular weight is 261 g/mol. The highest BCUT2D eigenvalue weighted by molar-refractivity contribution is 5.88. The molecule has 0 atom stereocenters. The Morgan fingerprint density at radius 2 is 2.37 bits per heavy atom. The van der Waals surface area contributed by atoms with Crippen molar-refractivity contribution in [3.8, 4) is 0 Å². The summed E-state index contributed by atoms with van der Waals surface area (Å²) in [5, 5.41) is 16.0. The van der Waals surface area contributed by atoms with Crippen LogP contribution in [0.2, 0.25) is 0 Å². The Bertz CT molecular complexity index is 553. The second-order valence-electron chi connectivity index (χ2n) is 4.05. The van der Waals surface area contributed by atoms with Gasteiger partial charge in [-0.05, 0) is 19.4 Å². The summed E-state index contributed by atoms with van der Waals surface area (Å²) in [5.41, 5.74) is 0.583. The predicted octanol–water partition coefficient (Wildman–Crippen LogP) is 1.18. The molecule has 7 heteroatoms. The third-order valence-electron chi connectivity index (χ3n) is 2.62. The number of rotatable bonds is 6. The number of hydrogen-bond donors (Lipinski definition) is 2. The van der Waals surface area contributed by atoms with Crippen LogP contribution in [0.1, 0.15) is 22.5 Å². The van der Waals surface area contributed by atoms with E-state index in [1.807, 2.05) is 16.9 Å². The molecule has 0 aliphatic heterocycles. The largest absolute Gasteiger partial charge is 0.478 e. The molecule has 0 fully saturated rings. The SMILES string of the molecule is Cc1nc(NCCCn2cccn2)ncc1C(=O)O. The molecule has 7 nitrogen and oxygen atoms in total. The monoisotopic (exact) mass is 261 g/mol. The first-order valence-corrected chi connectivity index (χ1v) is 5.95. The molecule has 19 heavy (non-hydrogen) atoms. The molecule has 0 aromatic carbocycles. The maximum Gasteiger partial charge on any atom is 0.339 e. The third kappa shape index (κ3) is 3.51. The molecule has 0 amide bonds. The van der Waals surface area contributed by atoms with E-state index < -0.39 is 5.97 Å². The number of aromatic carboxylic acids is 1. The standard InChI is InChI=1S/C12H15N5O2/c1-9-10(11(18)19)8-14-12(16-9)13-4-2-6-17-7-3-5-15-17/h3,5,7-8H,2,4,6H2,1H3,(H,18,19)(H,13,14,16). The van der Waals surface area contributed by atoms with Crippen LogP contribution in [-0.4, -0.2) is 37.4 Å². The molecule has 0 aliphatic carbocycles. The van der Waals surface area contributed by atoms with Gasteiger partial charge < -0.3 is 10.4 Å². The van der Waals surface area contributed by atoms with E-state index in [4.69, 9.17) is 5.11 Å². The zero-order valence-corrected chi connectivity index (χ0v) is 10.6. The van der Waals surface area contributed by atoms with Crippen molar-refractivity contribution in [3.05, 3.63) is 35.9 Å². The molecule has 0 saturated carbocycles. The Kier molecular flexibility index (Phi) is 4.07. The fraction of sp³-hybridized carbons (Fsp3) is 0.333. The van der Waals surface area contributed by atoms with Gasteiger partial charge in [0.2, 0.25) is 5.95 Å². The molecule has 2 heterocycles. The third-order valence-corrected chi connectivity index (χ3v) is 2.62. The van der Waals surface area contributed by atoms with Crippen LogP contribution in [0.4, 0.5) is 5.95 Å². The van der Waals surface area contributed by atoms with Crippen LogP contribution in [-0.2, 0) is 6.54 Å². The van der Waals surface area contributed by atoms with Crippen LogP contribution >= 0.6 is 0 Å². The molecular formula is C12H15N5O2. The summed E-state index contributed by atoms with van der Waals surface area (Å²) >= 11 is 0. The van der Waals surface area contributed by atoms with Gasteiger partial charge >= 0.3 is 5.97 Å². The molecule has 2 aromatic rings. The molecule has 0 aliphatic rings. The van der Waals surface area contributed by atoms with Gasteiger partial charge in [0.1, 0.15) is 0 Å². The van der Waals surface area contributed by atoms with Crippen molar-refractivity contribution in [2.45, 2.75) is 19.9 Å². The van der Waals surface area contributed by atoms with E-state index in [2.05, 4.69) is 20.4 Å². The topological polar surface area (TPSA) is 92.9 Å². The molecule has 0 bridgehead atoms. The Labute approximate surface area is 110 Å². The van der Waals surface area contributed by atoms with E-state index in [9.17, 15) is 4.79 Å². The highest BCUT2D eigenvalue weighted by Crippen LogP contribution is 2.06. The second-order valence-corrected chi connectivity index (χ2v) is 4.05. The number of anilines is 1. The average Bonchev–Trinajstić information content (AvgIpc) is 2.87. The van der Waals surface area contributed by atoms with Gasteiger partial charge in [-0.25, -0.2) is 14.8 Å². The molecule has 2 rings (SSSR count). The van der Waals surface area contributed by atoms with E-state index in [0.29, 0.717) is 18.2 Å². The van der Waals surface area contributed by atoms with Crippen LogP contribution in [0.3, 0.4) is 0 Å². The van der Waals surface area contributed by atoms with E-state index in [1.165, 1.54) is 6.20 Å². The van der Waals surface area contributed by atoms with Crippen molar-refractivity contribution >= 4 is 11.9 Å². The number of carbonyl (C=O) groups is 1. The summed E-state index contributed by atoms with van der Waals surface area (Å²) in [6.07, 6.45) is 5.85. The Morgan fingerprint density at radius 3 is 3.00 bits per heavy atom. The van der Waals surface area contributed by atoms with Crippen LogP contribution in [0.25, 0.3) is 0 Å². The van der Waals surface area contributed by atoms with Crippen LogP contribution in [0, 0.1) is 6.92 Å². The highest BCUT2D eigenvalue weighted by atomic mass is 16.4. The molecule has 2 N–H and O–H groups in total. The zero-order valence-electron chi connectivity index (χ0n) is 10.6. The first-order valence-electron chi connectivity index (χ1n) is 5.95. The van der Waals surface area contributed by atoms with Crippen molar-refractivity contribution in [2.24, 2.45) is 0 Å². The normalized spacial score (nSPS) is 10.4. The number of hydrogen-bond acceptors (Lipinski definition) is 5. The van der Waals surface area contributed by atoms with E-state index in [-0.39, 0.29) is 5.56 Å². The van der Waals surface area contributed by atoms with E-state index in [1.54, 1.807) is 13.1 Å². The number of nitrogens with one attached hydrogen (secondary N) is 1. The highest BCUT2D eigenvalue weighted by Gasteiger charge is 2.09. The number of carboxylic acids is 1. The van der Waals surface area contributed by atoms with Crippen LogP contribution in [0.5, 0.6) is 0 Å². The molecule has 0 radical (unpaired) electrons. The van der Waals surface area contributed by atoms with Crippen LogP contribution < -0.4 is 5.32 Å². The van der Waals surface area contributed by atoms with Crippen molar-refractivity contribution < 1.29 is 9.90 Å². The lowest BCUT2D eigenvalue weighted by atomic mass is 10.2. The first kappa shape index (κ1) is 13.0. The molecule has 100 valence electrons. The summed E-state index contributed by atoms with van der Waals surface area (Å²) in [7, 11) is 0. The van der Waals surface area contributed by atoms with Crippen LogP contribution in [0.15, 0.2) is 24.7 Å². The maximum absolute atomic E-state index is 10.8. The van der Waals surface area contributed by atoms with Gasteiger partial charge in [-0.15, -0.1) is 0 Å². The summed E-state index contributed by atoms with van der Waals surface area (Å²) < 4.78 is 1.85. The number of aromatic nitrogens is 4. The van der Waals surface area contributed by atoms with Gasteiger partial charge in [-0.2, -0.15) is 5.10 Å². The van der Waals surface area contributed by atoms with Gasteiger partial charge in [0.15, 0.2) is 0 Å². The quantitative estimate of drug-likeness (QED) is 0.758. The predicted molar refractivity (Wildman–Crippen MR) is 69.1 cm³/mol. The smallest absolute Gasteiger partial charge is 0.339 e. The Hall–Kier alpha value is -2.44. The van der Waals surface area contributed by atoms with Gasteiger partial charge in [0.25, 0.3) is 0 Å². The van der Waals surface area contributed by atoms with Crippen molar-refractivity contribution in [1.82, 2.24) is 19.7 Å². The Morgan fingerprint density at radius 1 is 1.53 bits per heavy atom. The van der Waals surface area contributed by atoms with Gasteiger partial charge in [-0.1, -0.05) is 0 Å². The first-order chi connectivity index (χ1) is 9.16. The second kappa shape index (κ2) is 5.94. The summed E-state index contributed by atoms with van der Waals surface area (Å²) in [6.45, 7) is 3.16. The van der Waals surface area contributed by atoms with Gasteiger partial charge in [0, 0.05) is 31.7 Å². The summed E-state index contributed by atoms with van der Waals surface area (Å²) in [5.74, 6) is -0.564. The minimum absolute atomic E-state index is 0.127. The fourth-order valence-electron chi connectivity index (χ4n) is 1.64. The van der Waals surface area contributed by atoms with Crippen molar-refractivity contribution in [2.75, 3.05) is 11.9 Å². The molecule has 2 aromatic heterocycles. The van der Waals surface area contributed by atoms with Gasteiger partial charge in [0.05, 0.1) is 11.3 Å². The minimum atomic E-state index is -1.01. The van der Waals surface area contributed by atoms with E-state index in [0.717, 1.165) is 13.0 Å². The number of nitrogens with zero attached hydrogens (tertiary/aromatic N) is 4. The zero-order chi connectivity index (χ0) is 13.7. The Balaban J connectivity index is 1.83. The summed E-state index contributed by atoms with van der Waals surface area (Å²) in [4.78, 5) is 18.9. The van der Waals surface area contributed by atoms with Crippen molar-refractivity contribution in [3.63, 3.8) is 0 Å².